The topological polar surface area (TPSA) is 78.7 Å². The van der Waals surface area contributed by atoms with E-state index in [0.717, 1.165) is 36.5 Å². The summed E-state index contributed by atoms with van der Waals surface area (Å²) >= 11 is 1.52. The Bertz CT molecular complexity index is 901. The quantitative estimate of drug-likeness (QED) is 0.638. The number of amides is 2. The highest BCUT2D eigenvalue weighted by Crippen LogP contribution is 2.18. The summed E-state index contributed by atoms with van der Waals surface area (Å²) in [5.74, 6) is -0.239. The third-order valence-electron chi connectivity index (χ3n) is 4.64. The minimum Gasteiger partial charge on any atom is -0.341 e. The maximum absolute atomic E-state index is 12.9. The van der Waals surface area contributed by atoms with Gasteiger partial charge in [0.15, 0.2) is 4.96 Å². The van der Waals surface area contributed by atoms with Crippen molar-refractivity contribution < 1.29 is 9.59 Å². The number of fused-ring (bicyclic) bond motifs is 1. The standard InChI is InChI=1S/C19H21N5O2S/c25-16(12-15-13-24-10-11-27-19(24)20-15)21-22-17(14-6-2-1-3-7-14)18(26)23-8-4-5-9-23/h1-3,6-7,10-11,13,17,22H,4-5,8-9,12H2,(H,21,25)/t17-/m1/s1. The SMILES string of the molecule is O=C(Cc1cn2ccsc2n1)NN[C@@H](C(=O)N1CCCC1)c1ccccc1. The molecule has 4 rings (SSSR count). The van der Waals surface area contributed by atoms with E-state index >= 15 is 0 Å². The number of benzene rings is 1. The fourth-order valence-electron chi connectivity index (χ4n) is 3.28. The summed E-state index contributed by atoms with van der Waals surface area (Å²) in [7, 11) is 0. The highest BCUT2D eigenvalue weighted by Gasteiger charge is 2.28. The Balaban J connectivity index is 1.42. The largest absolute Gasteiger partial charge is 0.341 e. The average molecular weight is 383 g/mol. The van der Waals surface area contributed by atoms with Gasteiger partial charge < -0.3 is 4.90 Å². The fraction of sp³-hybridized carbons (Fsp3) is 0.316. The molecule has 1 atom stereocenters. The molecule has 0 bridgehead atoms. The van der Waals surface area contributed by atoms with Crippen molar-refractivity contribution in [2.24, 2.45) is 0 Å². The van der Waals surface area contributed by atoms with Crippen LogP contribution in [0.1, 0.15) is 30.1 Å². The van der Waals surface area contributed by atoms with E-state index in [1.807, 2.05) is 57.4 Å². The van der Waals surface area contributed by atoms with Crippen LogP contribution in [0.5, 0.6) is 0 Å². The van der Waals surface area contributed by atoms with Crippen LogP contribution < -0.4 is 10.9 Å². The van der Waals surface area contributed by atoms with Gasteiger partial charge >= 0.3 is 0 Å². The summed E-state index contributed by atoms with van der Waals surface area (Å²) in [6.07, 6.45) is 5.96. The molecule has 1 aliphatic heterocycles. The summed E-state index contributed by atoms with van der Waals surface area (Å²) in [5, 5.41) is 1.95. The Morgan fingerprint density at radius 1 is 1.19 bits per heavy atom. The molecule has 2 amide bonds. The molecular weight excluding hydrogens is 362 g/mol. The van der Waals surface area contributed by atoms with Gasteiger partial charge in [-0.2, -0.15) is 0 Å². The fourth-order valence-corrected chi connectivity index (χ4v) is 3.99. The summed E-state index contributed by atoms with van der Waals surface area (Å²) in [4.78, 5) is 32.4. The second-order valence-corrected chi connectivity index (χ2v) is 7.44. The first kappa shape index (κ1) is 17.7. The molecule has 8 heteroatoms. The van der Waals surface area contributed by atoms with Crippen molar-refractivity contribution in [2.45, 2.75) is 25.3 Å². The molecule has 0 spiro atoms. The number of thiazole rings is 1. The number of likely N-dealkylation sites (tertiary alicyclic amines) is 1. The van der Waals surface area contributed by atoms with Crippen LogP contribution in [0.25, 0.3) is 4.96 Å². The normalized spacial score (nSPS) is 15.2. The van der Waals surface area contributed by atoms with Gasteiger partial charge in [0.1, 0.15) is 6.04 Å². The zero-order valence-electron chi connectivity index (χ0n) is 14.8. The number of hydrogen-bond acceptors (Lipinski definition) is 5. The maximum atomic E-state index is 12.9. The van der Waals surface area contributed by atoms with Gasteiger partial charge in [-0.1, -0.05) is 30.3 Å². The third-order valence-corrected chi connectivity index (χ3v) is 5.41. The molecule has 1 fully saturated rings. The number of nitrogens with one attached hydrogen (secondary N) is 2. The van der Waals surface area contributed by atoms with Crippen LogP contribution in [0.2, 0.25) is 0 Å². The number of carbonyl (C=O) groups is 2. The molecule has 1 aromatic carbocycles. The molecule has 2 N–H and O–H groups in total. The van der Waals surface area contributed by atoms with Gasteiger partial charge in [-0.05, 0) is 18.4 Å². The van der Waals surface area contributed by atoms with Crippen LogP contribution in [0, 0.1) is 0 Å². The van der Waals surface area contributed by atoms with E-state index in [4.69, 9.17) is 0 Å². The predicted molar refractivity (Wildman–Crippen MR) is 103 cm³/mol. The van der Waals surface area contributed by atoms with Gasteiger partial charge in [0.05, 0.1) is 12.1 Å². The first-order valence-electron chi connectivity index (χ1n) is 9.00. The summed E-state index contributed by atoms with van der Waals surface area (Å²) < 4.78 is 1.89. The molecule has 1 aliphatic rings. The van der Waals surface area contributed by atoms with Gasteiger partial charge in [0, 0.05) is 30.9 Å². The molecule has 0 aliphatic carbocycles. The van der Waals surface area contributed by atoms with Crippen molar-refractivity contribution in [3.8, 4) is 0 Å². The Morgan fingerprint density at radius 3 is 2.70 bits per heavy atom. The number of rotatable bonds is 6. The summed E-state index contributed by atoms with van der Waals surface area (Å²) in [6, 6.07) is 8.87. The lowest BCUT2D eigenvalue weighted by molar-refractivity contribution is -0.133. The molecule has 0 unspecified atom stereocenters. The zero-order chi connectivity index (χ0) is 18.6. The number of hydrazine groups is 1. The molecule has 2 aromatic heterocycles. The van der Waals surface area contributed by atoms with E-state index < -0.39 is 6.04 Å². The molecule has 1 saturated heterocycles. The molecule has 140 valence electrons. The third kappa shape index (κ3) is 4.01. The lowest BCUT2D eigenvalue weighted by Crippen LogP contribution is -2.47. The predicted octanol–water partition coefficient (Wildman–Crippen LogP) is 1.92. The summed E-state index contributed by atoms with van der Waals surface area (Å²) in [5.41, 5.74) is 7.15. The van der Waals surface area contributed by atoms with Gasteiger partial charge in [-0.3, -0.25) is 19.4 Å². The first-order valence-corrected chi connectivity index (χ1v) is 9.88. The highest BCUT2D eigenvalue weighted by atomic mass is 32.1. The monoisotopic (exact) mass is 383 g/mol. The molecule has 7 nitrogen and oxygen atoms in total. The number of imidazole rings is 1. The van der Waals surface area contributed by atoms with Crippen molar-refractivity contribution >= 4 is 28.1 Å². The minimum absolute atomic E-state index is 0.0125. The van der Waals surface area contributed by atoms with Crippen LogP contribution in [0.15, 0.2) is 48.1 Å². The lowest BCUT2D eigenvalue weighted by atomic mass is 10.1. The smallest absolute Gasteiger partial charge is 0.246 e. The van der Waals surface area contributed by atoms with Crippen LogP contribution >= 0.6 is 11.3 Å². The highest BCUT2D eigenvalue weighted by molar-refractivity contribution is 7.15. The number of aromatic nitrogens is 2. The van der Waals surface area contributed by atoms with Crippen molar-refractivity contribution in [1.82, 2.24) is 25.1 Å². The van der Waals surface area contributed by atoms with Crippen LogP contribution in [0.4, 0.5) is 0 Å². The number of carbonyl (C=O) groups excluding carboxylic acids is 2. The zero-order valence-corrected chi connectivity index (χ0v) is 15.6. The van der Waals surface area contributed by atoms with Gasteiger partial charge in [-0.15, -0.1) is 11.3 Å². The van der Waals surface area contributed by atoms with Crippen molar-refractivity contribution in [3.05, 3.63) is 59.4 Å². The molecule has 0 saturated carbocycles. The van der Waals surface area contributed by atoms with E-state index in [0.29, 0.717) is 5.69 Å². The minimum atomic E-state index is -0.598. The lowest BCUT2D eigenvalue weighted by Gasteiger charge is -2.24. The molecule has 27 heavy (non-hydrogen) atoms. The van der Waals surface area contributed by atoms with Gasteiger partial charge in [0.25, 0.3) is 0 Å². The molecule has 3 heterocycles. The van der Waals surface area contributed by atoms with Crippen LogP contribution in [-0.4, -0.2) is 39.2 Å². The van der Waals surface area contributed by atoms with E-state index in [2.05, 4.69) is 15.8 Å². The second kappa shape index (κ2) is 7.89. The van der Waals surface area contributed by atoms with E-state index in [1.54, 1.807) is 0 Å². The number of hydrogen-bond donors (Lipinski definition) is 2. The Hall–Kier alpha value is -2.71. The first-order chi connectivity index (χ1) is 13.2. The van der Waals surface area contributed by atoms with Gasteiger partial charge in [-0.25, -0.2) is 10.4 Å². The van der Waals surface area contributed by atoms with Gasteiger partial charge in [0.2, 0.25) is 11.8 Å². The van der Waals surface area contributed by atoms with Crippen LogP contribution in [0.3, 0.4) is 0 Å². The Kier molecular flexibility index (Phi) is 5.17. The van der Waals surface area contributed by atoms with E-state index in [1.165, 1.54) is 11.3 Å². The number of nitrogens with zero attached hydrogens (tertiary/aromatic N) is 3. The van der Waals surface area contributed by atoms with E-state index in [9.17, 15) is 9.59 Å². The van der Waals surface area contributed by atoms with Crippen molar-refractivity contribution in [1.29, 1.82) is 0 Å². The van der Waals surface area contributed by atoms with Crippen molar-refractivity contribution in [2.75, 3.05) is 13.1 Å². The summed E-state index contributed by atoms with van der Waals surface area (Å²) in [6.45, 7) is 1.53. The molecule has 3 aromatic rings. The Morgan fingerprint density at radius 2 is 1.96 bits per heavy atom. The maximum Gasteiger partial charge on any atom is 0.246 e. The van der Waals surface area contributed by atoms with E-state index in [-0.39, 0.29) is 18.2 Å². The average Bonchev–Trinajstić information content (AvgIpc) is 3.40. The van der Waals surface area contributed by atoms with Crippen molar-refractivity contribution in [3.63, 3.8) is 0 Å². The molecule has 0 radical (unpaired) electrons. The van der Waals surface area contributed by atoms with Crippen LogP contribution in [-0.2, 0) is 16.0 Å². The second-order valence-electron chi connectivity index (χ2n) is 6.57. The Labute approximate surface area is 161 Å². The molecular formula is C19H21N5O2S.